The molecule has 0 bridgehead atoms. The van der Waals surface area contributed by atoms with Gasteiger partial charge in [0.05, 0.1) is 34.8 Å². The van der Waals surface area contributed by atoms with Crippen LogP contribution < -0.4 is 16.4 Å². The third-order valence-corrected chi connectivity index (χ3v) is 4.17. The summed E-state index contributed by atoms with van der Waals surface area (Å²) in [7, 11) is 0. The molecule has 0 saturated carbocycles. The number of fused-ring (bicyclic) bond motifs is 1. The molecule has 0 aliphatic carbocycles. The van der Waals surface area contributed by atoms with Crippen molar-refractivity contribution in [3.63, 3.8) is 0 Å². The Labute approximate surface area is 141 Å². The van der Waals surface area contributed by atoms with Crippen LogP contribution in [0.5, 0.6) is 0 Å². The molecule has 24 heavy (non-hydrogen) atoms. The highest BCUT2D eigenvalue weighted by Gasteiger charge is 2.23. The second kappa shape index (κ2) is 6.51. The van der Waals surface area contributed by atoms with E-state index in [4.69, 9.17) is 5.73 Å². The first-order valence-electron chi connectivity index (χ1n) is 8.01. The van der Waals surface area contributed by atoms with Gasteiger partial charge >= 0.3 is 0 Å². The summed E-state index contributed by atoms with van der Waals surface area (Å²) in [6, 6.07) is 1.87. The number of hydrogen-bond acceptors (Lipinski definition) is 4. The van der Waals surface area contributed by atoms with Crippen molar-refractivity contribution in [2.24, 2.45) is 11.1 Å². The van der Waals surface area contributed by atoms with E-state index in [1.54, 1.807) is 23.7 Å². The first-order chi connectivity index (χ1) is 11.1. The number of rotatable bonds is 5. The topological polar surface area (TPSA) is 102 Å². The molecule has 1 atom stereocenters. The Hall–Kier alpha value is -2.57. The van der Waals surface area contributed by atoms with Gasteiger partial charge in [-0.15, -0.1) is 0 Å². The molecule has 130 valence electrons. The second-order valence-electron chi connectivity index (χ2n) is 6.99. The number of carbonyl (C=O) groups excluding carboxylic acids is 2. The third kappa shape index (κ3) is 3.67. The molecule has 2 amide bonds. The van der Waals surface area contributed by atoms with Gasteiger partial charge in [0, 0.05) is 12.5 Å². The average Bonchev–Trinajstić information content (AvgIpc) is 2.88. The summed E-state index contributed by atoms with van der Waals surface area (Å²) in [6.45, 7) is 10.2. The summed E-state index contributed by atoms with van der Waals surface area (Å²) in [5.41, 5.74) is 7.75. The molecule has 7 heteroatoms. The van der Waals surface area contributed by atoms with Crippen LogP contribution in [0.1, 0.15) is 51.4 Å². The zero-order valence-electron chi connectivity index (χ0n) is 14.8. The lowest BCUT2D eigenvalue weighted by Gasteiger charge is -2.29. The summed E-state index contributed by atoms with van der Waals surface area (Å²) in [4.78, 5) is 23.4. The summed E-state index contributed by atoms with van der Waals surface area (Å²) >= 11 is 0. The van der Waals surface area contributed by atoms with E-state index in [-0.39, 0.29) is 17.4 Å². The fraction of sp³-hybridized carbons (Fsp3) is 0.471. The molecule has 0 spiro atoms. The van der Waals surface area contributed by atoms with Gasteiger partial charge in [-0.25, -0.2) is 4.52 Å². The van der Waals surface area contributed by atoms with Gasteiger partial charge in [0.1, 0.15) is 0 Å². The summed E-state index contributed by atoms with van der Waals surface area (Å²) < 4.78 is 1.62. The quantitative estimate of drug-likeness (QED) is 0.784. The monoisotopic (exact) mass is 331 g/mol. The summed E-state index contributed by atoms with van der Waals surface area (Å²) in [5.74, 6) is -0.632. The first kappa shape index (κ1) is 17.8. The second-order valence-corrected chi connectivity index (χ2v) is 6.99. The number of nitrogens with zero attached hydrogens (tertiary/aromatic N) is 2. The lowest BCUT2D eigenvalue weighted by atomic mass is 9.88. The largest absolute Gasteiger partial charge is 0.380 e. The number of carbonyl (C=O) groups is 2. The number of amides is 2. The fourth-order valence-corrected chi connectivity index (χ4v) is 2.15. The van der Waals surface area contributed by atoms with Gasteiger partial charge in [0.15, 0.2) is 0 Å². The number of aromatic nitrogens is 2. The van der Waals surface area contributed by atoms with E-state index in [0.717, 1.165) is 0 Å². The van der Waals surface area contributed by atoms with Gasteiger partial charge < -0.3 is 16.4 Å². The van der Waals surface area contributed by atoms with E-state index < -0.39 is 5.91 Å². The van der Waals surface area contributed by atoms with Crippen LogP contribution in [0.25, 0.3) is 5.52 Å². The highest BCUT2D eigenvalue weighted by atomic mass is 16.1. The van der Waals surface area contributed by atoms with Crippen LogP contribution in [-0.4, -0.2) is 27.5 Å². The maximum atomic E-state index is 11.8. The number of hydrogen-bond donors (Lipinski definition) is 3. The Morgan fingerprint density at radius 3 is 2.58 bits per heavy atom. The zero-order chi connectivity index (χ0) is 18.1. The smallest absolute Gasteiger partial charge is 0.252 e. The SMILES string of the molecule is CCC(=O)Nc1cc2c(NC(C)C(C)(C)C)c(C(N)=O)cnn2c1. The van der Waals surface area contributed by atoms with Crippen LogP contribution in [-0.2, 0) is 4.79 Å². The Morgan fingerprint density at radius 2 is 2.04 bits per heavy atom. The van der Waals surface area contributed by atoms with E-state index in [2.05, 4.69) is 36.5 Å². The lowest BCUT2D eigenvalue weighted by Crippen LogP contribution is -2.32. The molecule has 2 heterocycles. The van der Waals surface area contributed by atoms with Crippen LogP contribution in [0.15, 0.2) is 18.5 Å². The van der Waals surface area contributed by atoms with Crippen LogP contribution in [0.2, 0.25) is 0 Å². The number of anilines is 2. The van der Waals surface area contributed by atoms with E-state index in [1.807, 2.05) is 6.92 Å². The summed E-state index contributed by atoms with van der Waals surface area (Å²) in [5, 5.41) is 10.4. The predicted octanol–water partition coefficient (Wildman–Crippen LogP) is 2.63. The average molecular weight is 331 g/mol. The molecule has 0 fully saturated rings. The van der Waals surface area contributed by atoms with Crippen molar-refractivity contribution in [1.82, 2.24) is 9.61 Å². The van der Waals surface area contributed by atoms with Gasteiger partial charge in [0.25, 0.3) is 5.91 Å². The third-order valence-electron chi connectivity index (χ3n) is 4.17. The van der Waals surface area contributed by atoms with Gasteiger partial charge in [-0.3, -0.25) is 9.59 Å². The molecule has 7 nitrogen and oxygen atoms in total. The summed E-state index contributed by atoms with van der Waals surface area (Å²) in [6.07, 6.45) is 3.54. The predicted molar refractivity (Wildman–Crippen MR) is 95.2 cm³/mol. The van der Waals surface area contributed by atoms with Crippen molar-refractivity contribution in [3.05, 3.63) is 24.0 Å². The molecule has 0 radical (unpaired) electrons. The van der Waals surface area contributed by atoms with Gasteiger partial charge in [-0.05, 0) is 18.4 Å². The van der Waals surface area contributed by atoms with Crippen LogP contribution in [0.4, 0.5) is 11.4 Å². The molecule has 1 unspecified atom stereocenters. The van der Waals surface area contributed by atoms with E-state index in [0.29, 0.717) is 28.9 Å². The highest BCUT2D eigenvalue weighted by molar-refractivity contribution is 6.02. The maximum absolute atomic E-state index is 11.8. The van der Waals surface area contributed by atoms with Crippen molar-refractivity contribution in [2.45, 2.75) is 47.1 Å². The van der Waals surface area contributed by atoms with Crippen molar-refractivity contribution in [3.8, 4) is 0 Å². The molecule has 2 aromatic heterocycles. The van der Waals surface area contributed by atoms with Crippen molar-refractivity contribution in [2.75, 3.05) is 10.6 Å². The normalized spacial score (nSPS) is 12.9. The Balaban J connectivity index is 2.53. The molecule has 0 aliphatic heterocycles. The van der Waals surface area contributed by atoms with Crippen LogP contribution >= 0.6 is 0 Å². The Kier molecular flexibility index (Phi) is 4.82. The van der Waals surface area contributed by atoms with Gasteiger partial charge in [-0.2, -0.15) is 5.10 Å². The lowest BCUT2D eigenvalue weighted by molar-refractivity contribution is -0.115. The minimum atomic E-state index is -0.547. The molecular weight excluding hydrogens is 306 g/mol. The number of nitrogens with one attached hydrogen (secondary N) is 2. The molecular formula is C17H25N5O2. The molecule has 0 aliphatic rings. The van der Waals surface area contributed by atoms with Crippen LogP contribution in [0.3, 0.4) is 0 Å². The van der Waals surface area contributed by atoms with Crippen LogP contribution in [0, 0.1) is 5.41 Å². The standard InChI is InChI=1S/C17H25N5O2/c1-6-14(23)21-11-7-13-15(20-10(2)17(3,4)5)12(16(18)24)8-19-22(13)9-11/h7-10,20H,6H2,1-5H3,(H2,18,24)(H,21,23). The molecule has 4 N–H and O–H groups in total. The van der Waals surface area contributed by atoms with Gasteiger partial charge in [-0.1, -0.05) is 27.7 Å². The Morgan fingerprint density at radius 1 is 1.38 bits per heavy atom. The maximum Gasteiger partial charge on any atom is 0.252 e. The number of primary amides is 1. The first-order valence-corrected chi connectivity index (χ1v) is 8.01. The van der Waals surface area contributed by atoms with E-state index >= 15 is 0 Å². The van der Waals surface area contributed by atoms with E-state index in [1.165, 1.54) is 6.20 Å². The number of nitrogens with two attached hydrogens (primary N) is 1. The molecule has 0 aromatic carbocycles. The molecule has 0 saturated heterocycles. The molecule has 2 aromatic rings. The van der Waals surface area contributed by atoms with Crippen molar-refractivity contribution >= 4 is 28.7 Å². The van der Waals surface area contributed by atoms with E-state index in [9.17, 15) is 9.59 Å². The van der Waals surface area contributed by atoms with Crippen molar-refractivity contribution in [1.29, 1.82) is 0 Å². The highest BCUT2D eigenvalue weighted by Crippen LogP contribution is 2.29. The minimum absolute atomic E-state index is 0.0129. The fourth-order valence-electron chi connectivity index (χ4n) is 2.15. The zero-order valence-corrected chi connectivity index (χ0v) is 14.8. The minimum Gasteiger partial charge on any atom is -0.380 e. The van der Waals surface area contributed by atoms with Crippen molar-refractivity contribution < 1.29 is 9.59 Å². The molecule has 2 rings (SSSR count). The Bertz CT molecular complexity index is 773. The van der Waals surface area contributed by atoms with Gasteiger partial charge in [0.2, 0.25) is 5.91 Å².